The highest BCUT2D eigenvalue weighted by Crippen LogP contribution is 2.22. The second-order valence-corrected chi connectivity index (χ2v) is 5.95. The Hall–Kier alpha value is -1.97. The topological polar surface area (TPSA) is 46.0 Å². The van der Waals surface area contributed by atoms with Gasteiger partial charge >= 0.3 is 0 Å². The second-order valence-electron chi connectivity index (χ2n) is 5.95. The van der Waals surface area contributed by atoms with Crippen LogP contribution in [0, 0.1) is 5.82 Å². The van der Waals surface area contributed by atoms with Gasteiger partial charge in [-0.2, -0.15) is 0 Å². The molecule has 0 aliphatic rings. The van der Waals surface area contributed by atoms with Gasteiger partial charge in [-0.05, 0) is 36.6 Å². The van der Waals surface area contributed by atoms with Gasteiger partial charge in [0, 0.05) is 18.0 Å². The number of benzene rings is 1. The van der Waals surface area contributed by atoms with Gasteiger partial charge in [0.1, 0.15) is 0 Å². The van der Waals surface area contributed by atoms with E-state index in [1.54, 1.807) is 6.07 Å². The zero-order valence-electron chi connectivity index (χ0n) is 13.8. The highest BCUT2D eigenvalue weighted by molar-refractivity contribution is 5.56. The van der Waals surface area contributed by atoms with Crippen LogP contribution in [-0.4, -0.2) is 15.1 Å². The van der Waals surface area contributed by atoms with Gasteiger partial charge in [-0.15, -0.1) is 0 Å². The summed E-state index contributed by atoms with van der Waals surface area (Å²) in [6.45, 7) is 2.23. The number of aryl methyl sites for hydroxylation is 1. The quantitative estimate of drug-likeness (QED) is 0.640. The van der Waals surface area contributed by atoms with Crippen molar-refractivity contribution in [1.29, 1.82) is 0 Å². The normalized spacial score (nSPS) is 10.9. The highest BCUT2D eigenvalue weighted by atomic mass is 19.1. The third-order valence-electron chi connectivity index (χ3n) is 3.98. The first-order valence-corrected chi connectivity index (χ1v) is 8.50. The fraction of sp³-hybridized carbons (Fsp3) is 0.474. The Morgan fingerprint density at radius 3 is 2.26 bits per heavy atom. The average Bonchev–Trinajstić information content (AvgIpc) is 2.57. The predicted molar refractivity (Wildman–Crippen MR) is 90.8 cm³/mol. The summed E-state index contributed by atoms with van der Waals surface area (Å²) in [4.78, 5) is 8.60. The number of aromatic nitrogens is 2. The fourth-order valence-corrected chi connectivity index (χ4v) is 2.57. The van der Waals surface area contributed by atoms with Crippen molar-refractivity contribution in [3.63, 3.8) is 0 Å². The molecular formula is C19H25FN2O. The van der Waals surface area contributed by atoms with Crippen LogP contribution in [0.4, 0.5) is 4.39 Å². The molecule has 2 aromatic rings. The number of halogens is 1. The summed E-state index contributed by atoms with van der Waals surface area (Å²) in [5.41, 5.74) is 1.68. The fourth-order valence-electron chi connectivity index (χ4n) is 2.57. The number of nitrogens with zero attached hydrogens (tertiary/aromatic N) is 2. The monoisotopic (exact) mass is 316 g/mol. The minimum absolute atomic E-state index is 0.357. The van der Waals surface area contributed by atoms with Crippen LogP contribution in [0.25, 0.3) is 11.4 Å². The summed E-state index contributed by atoms with van der Waals surface area (Å²) in [7, 11) is 0. The van der Waals surface area contributed by atoms with Crippen LogP contribution in [-0.2, 0) is 6.42 Å². The lowest BCUT2D eigenvalue weighted by atomic mass is 10.1. The van der Waals surface area contributed by atoms with Gasteiger partial charge < -0.3 is 5.11 Å². The van der Waals surface area contributed by atoms with Crippen molar-refractivity contribution >= 4 is 0 Å². The van der Waals surface area contributed by atoms with E-state index in [9.17, 15) is 9.50 Å². The van der Waals surface area contributed by atoms with Gasteiger partial charge in [-0.25, -0.2) is 14.4 Å². The first kappa shape index (κ1) is 17.4. The molecule has 0 spiro atoms. The van der Waals surface area contributed by atoms with E-state index in [-0.39, 0.29) is 5.75 Å². The molecule has 0 saturated carbocycles. The lowest BCUT2D eigenvalue weighted by Gasteiger charge is -2.04. The maximum atomic E-state index is 13.4. The summed E-state index contributed by atoms with van der Waals surface area (Å²) < 4.78 is 13.4. The summed E-state index contributed by atoms with van der Waals surface area (Å²) in [6, 6.07) is 4.19. The minimum atomic E-state index is -0.654. The van der Waals surface area contributed by atoms with Gasteiger partial charge in [0.2, 0.25) is 0 Å². The number of phenolic OH excluding ortho intramolecular Hbond substituents is 1. The lowest BCUT2D eigenvalue weighted by molar-refractivity contribution is 0.432. The van der Waals surface area contributed by atoms with Crippen LogP contribution in [0.3, 0.4) is 0 Å². The molecule has 1 aromatic carbocycles. The molecule has 0 saturated heterocycles. The Morgan fingerprint density at radius 2 is 1.61 bits per heavy atom. The van der Waals surface area contributed by atoms with E-state index in [0.717, 1.165) is 18.4 Å². The van der Waals surface area contributed by atoms with E-state index in [2.05, 4.69) is 16.9 Å². The molecule has 0 unspecified atom stereocenters. The van der Waals surface area contributed by atoms with Crippen molar-refractivity contribution in [3.8, 4) is 17.1 Å². The molecule has 124 valence electrons. The van der Waals surface area contributed by atoms with Crippen molar-refractivity contribution < 1.29 is 9.50 Å². The summed E-state index contributed by atoms with van der Waals surface area (Å²) in [5.74, 6) is -0.533. The summed E-state index contributed by atoms with van der Waals surface area (Å²) in [5, 5.41) is 9.21. The third kappa shape index (κ3) is 5.62. The Balaban J connectivity index is 1.79. The van der Waals surface area contributed by atoms with Gasteiger partial charge in [-0.3, -0.25) is 0 Å². The average molecular weight is 316 g/mol. The van der Waals surface area contributed by atoms with Crippen LogP contribution in [0.2, 0.25) is 0 Å². The molecule has 23 heavy (non-hydrogen) atoms. The third-order valence-corrected chi connectivity index (χ3v) is 3.98. The Morgan fingerprint density at radius 1 is 0.957 bits per heavy atom. The molecule has 0 amide bonds. The predicted octanol–water partition coefficient (Wildman–Crippen LogP) is 5.28. The molecule has 0 fully saturated rings. The standard InChI is InChI=1S/C19H25FN2O/c1-2-3-4-5-6-7-8-9-15-13-21-19(22-14-15)16-10-11-18(23)17(20)12-16/h10-14,23H,2-9H2,1H3. The van der Waals surface area contributed by atoms with Crippen molar-refractivity contribution in [2.75, 3.05) is 0 Å². The number of phenols is 1. The molecule has 1 N–H and O–H groups in total. The van der Waals surface area contributed by atoms with Crippen LogP contribution in [0.5, 0.6) is 5.75 Å². The summed E-state index contributed by atoms with van der Waals surface area (Å²) >= 11 is 0. The first-order valence-electron chi connectivity index (χ1n) is 8.50. The maximum absolute atomic E-state index is 13.4. The Labute approximate surface area is 137 Å². The van der Waals surface area contributed by atoms with E-state index in [1.807, 2.05) is 12.4 Å². The SMILES string of the molecule is CCCCCCCCCc1cnc(-c2ccc(O)c(F)c2)nc1. The molecular weight excluding hydrogens is 291 g/mol. The van der Waals surface area contributed by atoms with E-state index in [0.29, 0.717) is 11.4 Å². The van der Waals surface area contributed by atoms with Gasteiger partial charge in [0.15, 0.2) is 17.4 Å². The molecule has 1 aromatic heterocycles. The van der Waals surface area contributed by atoms with Gasteiger partial charge in [0.25, 0.3) is 0 Å². The number of rotatable bonds is 9. The Bertz CT molecular complexity index is 599. The van der Waals surface area contributed by atoms with Crippen LogP contribution in [0.15, 0.2) is 30.6 Å². The molecule has 3 nitrogen and oxygen atoms in total. The van der Waals surface area contributed by atoms with Crippen LogP contribution in [0.1, 0.15) is 57.4 Å². The van der Waals surface area contributed by atoms with Gasteiger partial charge in [-0.1, -0.05) is 45.4 Å². The molecule has 0 aliphatic carbocycles. The van der Waals surface area contributed by atoms with Gasteiger partial charge in [0.05, 0.1) is 0 Å². The number of hydrogen-bond donors (Lipinski definition) is 1. The van der Waals surface area contributed by atoms with Crippen molar-refractivity contribution in [3.05, 3.63) is 42.0 Å². The minimum Gasteiger partial charge on any atom is -0.505 e. The molecule has 0 aliphatic heterocycles. The molecule has 0 radical (unpaired) electrons. The number of aromatic hydroxyl groups is 1. The van der Waals surface area contributed by atoms with Crippen molar-refractivity contribution in [1.82, 2.24) is 9.97 Å². The number of hydrogen-bond acceptors (Lipinski definition) is 3. The molecule has 1 heterocycles. The second kappa shape index (κ2) is 9.23. The smallest absolute Gasteiger partial charge is 0.165 e. The maximum Gasteiger partial charge on any atom is 0.165 e. The van der Waals surface area contributed by atoms with Crippen molar-refractivity contribution in [2.24, 2.45) is 0 Å². The van der Waals surface area contributed by atoms with Crippen LogP contribution >= 0.6 is 0 Å². The Kier molecular flexibility index (Phi) is 6.98. The largest absolute Gasteiger partial charge is 0.505 e. The molecule has 4 heteroatoms. The zero-order valence-corrected chi connectivity index (χ0v) is 13.8. The van der Waals surface area contributed by atoms with E-state index < -0.39 is 5.82 Å². The van der Waals surface area contributed by atoms with Crippen molar-refractivity contribution in [2.45, 2.75) is 58.3 Å². The highest BCUT2D eigenvalue weighted by Gasteiger charge is 2.06. The van der Waals surface area contributed by atoms with E-state index in [4.69, 9.17) is 0 Å². The molecule has 2 rings (SSSR count). The lowest BCUT2D eigenvalue weighted by Crippen LogP contribution is -1.94. The molecule has 0 bridgehead atoms. The zero-order chi connectivity index (χ0) is 16.5. The van der Waals surface area contributed by atoms with E-state index >= 15 is 0 Å². The molecule has 0 atom stereocenters. The van der Waals surface area contributed by atoms with E-state index in [1.165, 1.54) is 50.7 Å². The first-order chi connectivity index (χ1) is 11.2. The number of unbranched alkanes of at least 4 members (excludes halogenated alkanes) is 6. The van der Waals surface area contributed by atoms with Crippen LogP contribution < -0.4 is 0 Å². The summed E-state index contributed by atoms with van der Waals surface area (Å²) in [6.07, 6.45) is 13.6.